The maximum absolute atomic E-state index is 12.6. The highest BCUT2D eigenvalue weighted by molar-refractivity contribution is 7.87. The number of phenols is 2. The number of aryl methyl sites for hydroxylation is 1. The minimum Gasteiger partial charge on any atom is -0.505 e. The van der Waals surface area contributed by atoms with Crippen molar-refractivity contribution in [1.82, 2.24) is 0 Å². The number of aromatic hydroxyl groups is 2. The summed E-state index contributed by atoms with van der Waals surface area (Å²) in [7, 11) is -20.9. The predicted molar refractivity (Wildman–Crippen MR) is 300 cm³/mol. The first-order chi connectivity index (χ1) is 38.0. The van der Waals surface area contributed by atoms with Crippen LogP contribution in [0.1, 0.15) is 5.56 Å². The number of alkyl halides is 2. The SMILES string of the molecule is C=C.C=C.Cc1cc2c(S(=O)(=O)O)c(NC(=O)CS(=O)OCCCl)ccc2c(O)c1N=Nc1ccc(N=Nc2ccc(N=Nc3c(S(=O)(=O)O)cc4c(S(=O)(=O)O)c(NC(=O)CS(=O)OCCCl)ccc4c3O)cc2)cc1S(=O)(=O)O. The lowest BCUT2D eigenvalue weighted by Crippen LogP contribution is -2.22. The molecule has 0 heterocycles. The van der Waals surface area contributed by atoms with E-state index in [1.54, 1.807) is 0 Å². The summed E-state index contributed by atoms with van der Waals surface area (Å²) >= 11 is 6.60. The van der Waals surface area contributed by atoms with E-state index in [1.165, 1.54) is 37.3 Å². The zero-order chi connectivity index (χ0) is 60.8. The smallest absolute Gasteiger partial charge is 0.297 e. The van der Waals surface area contributed by atoms with Crippen LogP contribution < -0.4 is 10.6 Å². The number of phenolic OH excluding ortho intramolecular Hbond substituents is 2. The van der Waals surface area contributed by atoms with E-state index in [2.05, 4.69) is 67.6 Å². The van der Waals surface area contributed by atoms with Crippen molar-refractivity contribution < 1.29 is 88.5 Å². The number of halogens is 2. The molecule has 0 spiro atoms. The van der Waals surface area contributed by atoms with E-state index in [-0.39, 0.29) is 64.1 Å². The lowest BCUT2D eigenvalue weighted by molar-refractivity contribution is -0.114. The quantitative estimate of drug-likeness (QED) is 0.0136. The summed E-state index contributed by atoms with van der Waals surface area (Å²) in [5, 5.41) is 48.4. The van der Waals surface area contributed by atoms with Crippen molar-refractivity contribution in [1.29, 1.82) is 0 Å². The monoisotopic (exact) mass is 1280 g/mol. The van der Waals surface area contributed by atoms with Crippen LogP contribution in [0.5, 0.6) is 11.5 Å². The van der Waals surface area contributed by atoms with Gasteiger partial charge in [0, 0.05) is 33.3 Å². The molecule has 0 fully saturated rings. The number of anilines is 2. The molecule has 36 heteroatoms. The first kappa shape index (κ1) is 66.6. The standard InChI is InChI=1S/C41H36Cl2N8O20S6.2C2H4/c1-21-16-27-25(7-10-30(40(27)76(64,65)66)44-34(52)19-72(56)70-14-12-42)38(54)36(21)50-49-29-9-6-24(17-32(29)74(58,59)60)48-46-22-2-4-23(5-3-22)47-51-37-33(75(61,62)63)18-28-26(39(37)55)8-11-31(41(28)77(67,68)69)45-35(53)20-73(57)71-15-13-43;2*1-2/h2-11,16-18,54-55H,12-15,19-20H2,1H3,(H,44,52)(H,45,53)(H,58,59,60)(H,61,62,63)(H,64,65,66)(H,67,68,69);2*1-2H2. The number of carbonyl (C=O) groups excluding carboxylic acids is 2. The Labute approximate surface area is 476 Å². The molecule has 0 aliphatic carbocycles. The Morgan fingerprint density at radius 3 is 1.35 bits per heavy atom. The molecular weight excluding hydrogens is 1240 g/mol. The molecule has 0 saturated carbocycles. The van der Waals surface area contributed by atoms with Crippen LogP contribution >= 0.6 is 23.2 Å². The van der Waals surface area contributed by atoms with E-state index >= 15 is 0 Å². The van der Waals surface area contributed by atoms with Crippen LogP contribution in [0, 0.1) is 6.92 Å². The van der Waals surface area contributed by atoms with Crippen LogP contribution in [-0.4, -0.2) is 119 Å². The summed E-state index contributed by atoms with van der Waals surface area (Å²) < 4.78 is 174. The molecule has 6 aromatic rings. The molecule has 8 N–H and O–H groups in total. The van der Waals surface area contributed by atoms with Gasteiger partial charge in [-0.3, -0.25) is 36.2 Å². The van der Waals surface area contributed by atoms with Crippen molar-refractivity contribution in [3.05, 3.63) is 111 Å². The topological polar surface area (TPSA) is 443 Å². The van der Waals surface area contributed by atoms with Crippen LogP contribution in [0.3, 0.4) is 0 Å². The summed E-state index contributed by atoms with van der Waals surface area (Å²) in [6.45, 7) is 13.0. The maximum atomic E-state index is 12.6. The van der Waals surface area contributed by atoms with Gasteiger partial charge in [-0.25, -0.2) is 8.42 Å². The largest absolute Gasteiger partial charge is 0.505 e. The maximum Gasteiger partial charge on any atom is 0.297 e. The molecule has 0 bridgehead atoms. The van der Waals surface area contributed by atoms with Gasteiger partial charge in [0.25, 0.3) is 40.5 Å². The summed E-state index contributed by atoms with van der Waals surface area (Å²) in [5.74, 6) is -5.42. The number of hydrogen-bond acceptors (Lipinski definition) is 22. The van der Waals surface area contributed by atoms with Crippen LogP contribution in [0.2, 0.25) is 0 Å². The number of nitrogens with zero attached hydrogens (tertiary/aromatic N) is 6. The first-order valence-corrected chi connectivity index (χ1v) is 31.1. The lowest BCUT2D eigenvalue weighted by Gasteiger charge is -2.15. The zero-order valence-electron chi connectivity index (χ0n) is 41.4. The van der Waals surface area contributed by atoms with Crippen LogP contribution in [0.15, 0.2) is 155 Å². The van der Waals surface area contributed by atoms with E-state index in [0.717, 1.165) is 42.5 Å². The highest BCUT2D eigenvalue weighted by Gasteiger charge is 2.29. The highest BCUT2D eigenvalue weighted by atomic mass is 35.5. The third-order valence-electron chi connectivity index (χ3n) is 9.89. The van der Waals surface area contributed by atoms with Crippen molar-refractivity contribution in [2.75, 3.05) is 47.1 Å². The predicted octanol–water partition coefficient (Wildman–Crippen LogP) is 9.27. The first-order valence-electron chi connectivity index (χ1n) is 21.8. The molecule has 0 radical (unpaired) electrons. The molecule has 434 valence electrons. The average Bonchev–Trinajstić information content (AvgIpc) is 3.57. The number of fused-ring (bicyclic) bond motifs is 2. The molecule has 2 unspecified atom stereocenters. The fraction of sp³-hybridized carbons (Fsp3) is 0.156. The number of rotatable bonds is 22. The second-order valence-electron chi connectivity index (χ2n) is 15.2. The zero-order valence-corrected chi connectivity index (χ0v) is 47.8. The van der Waals surface area contributed by atoms with E-state index in [0.29, 0.717) is 6.07 Å². The van der Waals surface area contributed by atoms with Crippen LogP contribution in [-0.2, 0) is 80.6 Å². The minimum atomic E-state index is -5.36. The van der Waals surface area contributed by atoms with Crippen molar-refractivity contribution in [3.8, 4) is 11.5 Å². The van der Waals surface area contributed by atoms with Crippen LogP contribution in [0.25, 0.3) is 21.5 Å². The Kier molecular flexibility index (Phi) is 23.6. The molecule has 6 aromatic carbocycles. The van der Waals surface area contributed by atoms with Crippen molar-refractivity contribution >= 4 is 165 Å². The Hall–Kier alpha value is -6.90. The normalized spacial score (nSPS) is 12.9. The number of azo groups is 3. The molecule has 0 aliphatic heterocycles. The van der Waals surface area contributed by atoms with E-state index in [1.807, 2.05) is 0 Å². The highest BCUT2D eigenvalue weighted by Crippen LogP contribution is 2.46. The number of hydrogen-bond donors (Lipinski definition) is 8. The van der Waals surface area contributed by atoms with E-state index in [4.69, 9.17) is 31.6 Å². The van der Waals surface area contributed by atoms with Gasteiger partial charge >= 0.3 is 0 Å². The number of benzene rings is 6. The van der Waals surface area contributed by atoms with Gasteiger partial charge in [0.15, 0.2) is 33.7 Å². The summed E-state index contributed by atoms with van der Waals surface area (Å²) in [4.78, 5) is 21.1. The molecule has 28 nitrogen and oxygen atoms in total. The van der Waals surface area contributed by atoms with Gasteiger partial charge in [-0.2, -0.15) is 49.0 Å². The van der Waals surface area contributed by atoms with Crippen molar-refractivity contribution in [2.45, 2.75) is 26.5 Å². The van der Waals surface area contributed by atoms with Gasteiger partial charge < -0.3 is 20.8 Å². The fourth-order valence-corrected chi connectivity index (χ4v) is 11.4. The minimum absolute atomic E-state index is 0.0169. The van der Waals surface area contributed by atoms with Crippen LogP contribution in [0.4, 0.5) is 45.5 Å². The van der Waals surface area contributed by atoms with Crippen molar-refractivity contribution in [2.24, 2.45) is 30.7 Å². The average molecular weight is 1280 g/mol. The van der Waals surface area contributed by atoms with Gasteiger partial charge in [0.1, 0.15) is 48.1 Å². The molecule has 2 amide bonds. The van der Waals surface area contributed by atoms with Gasteiger partial charge in [-0.1, -0.05) is 0 Å². The number of nitrogens with one attached hydrogen (secondary N) is 2. The molecule has 6 rings (SSSR count). The van der Waals surface area contributed by atoms with Gasteiger partial charge in [-0.05, 0) is 91.3 Å². The molecule has 0 aliphatic rings. The summed E-state index contributed by atoms with van der Waals surface area (Å²) in [6, 6.07) is 14.0. The third-order valence-corrected chi connectivity index (χ3v) is 15.7. The number of carbonyl (C=O) groups is 2. The number of amides is 2. The van der Waals surface area contributed by atoms with E-state index in [9.17, 15) is 80.1 Å². The molecule has 0 saturated heterocycles. The molecule has 81 heavy (non-hydrogen) atoms. The summed E-state index contributed by atoms with van der Waals surface area (Å²) in [6.07, 6.45) is 0. The van der Waals surface area contributed by atoms with Gasteiger partial charge in [0.05, 0.1) is 41.7 Å². The molecule has 0 aromatic heterocycles. The third kappa shape index (κ3) is 17.6. The molecule has 2 atom stereocenters. The Morgan fingerprint density at radius 1 is 0.519 bits per heavy atom. The van der Waals surface area contributed by atoms with Crippen molar-refractivity contribution in [3.63, 3.8) is 0 Å². The second kappa shape index (κ2) is 28.7. The lowest BCUT2D eigenvalue weighted by atomic mass is 10.0. The summed E-state index contributed by atoms with van der Waals surface area (Å²) in [5.41, 5.74) is -2.90. The Balaban J connectivity index is 0.00000345. The van der Waals surface area contributed by atoms with E-state index < -0.39 is 151 Å². The van der Waals surface area contributed by atoms with Gasteiger partial charge in [-0.15, -0.1) is 64.9 Å². The Morgan fingerprint density at radius 2 is 0.914 bits per heavy atom. The molecular formula is C45H44Cl2N8O20S6. The fourth-order valence-electron chi connectivity index (χ4n) is 6.80. The second-order valence-corrected chi connectivity index (χ2v) is 23.7. The van der Waals surface area contributed by atoms with Gasteiger partial charge in [0.2, 0.25) is 11.8 Å². The Bertz CT molecular complexity index is 4020.